The molecule has 0 saturated carbocycles. The maximum atomic E-state index is 12.7. The van der Waals surface area contributed by atoms with E-state index in [0.717, 1.165) is 0 Å². The molecule has 1 saturated heterocycles. The monoisotopic (exact) mass is 315 g/mol. The first kappa shape index (κ1) is 18.7. The molecule has 0 aliphatic carbocycles. The van der Waals surface area contributed by atoms with Crippen LogP contribution in [0.25, 0.3) is 0 Å². The molecule has 6 heteroatoms. The summed E-state index contributed by atoms with van der Waals surface area (Å²) < 4.78 is 16.0. The fourth-order valence-corrected chi connectivity index (χ4v) is 2.68. The molecule has 0 unspecified atom stereocenters. The molecule has 0 spiro atoms. The lowest BCUT2D eigenvalue weighted by Gasteiger charge is -2.38. The van der Waals surface area contributed by atoms with Crippen molar-refractivity contribution in [3.63, 3.8) is 0 Å². The number of hydrogen-bond donors (Lipinski definition) is 0. The van der Waals surface area contributed by atoms with E-state index in [0.29, 0.717) is 6.61 Å². The Balaban J connectivity index is 2.98. The first-order chi connectivity index (χ1) is 9.94. The van der Waals surface area contributed by atoms with E-state index in [1.54, 1.807) is 4.90 Å². The molecule has 22 heavy (non-hydrogen) atoms. The topological polar surface area (TPSA) is 65.1 Å². The minimum Gasteiger partial charge on any atom is -0.466 e. The fourth-order valence-electron chi connectivity index (χ4n) is 2.68. The zero-order valence-corrected chi connectivity index (χ0v) is 14.9. The minimum atomic E-state index is -0.926. The van der Waals surface area contributed by atoms with Crippen molar-refractivity contribution in [1.82, 2.24) is 4.90 Å². The first-order valence-electron chi connectivity index (χ1n) is 7.67. The third kappa shape index (κ3) is 3.72. The van der Waals surface area contributed by atoms with Crippen molar-refractivity contribution in [2.75, 3.05) is 13.7 Å². The molecule has 0 aromatic carbocycles. The van der Waals surface area contributed by atoms with E-state index >= 15 is 0 Å². The quantitative estimate of drug-likeness (QED) is 0.746. The van der Waals surface area contributed by atoms with Gasteiger partial charge < -0.3 is 14.2 Å². The van der Waals surface area contributed by atoms with Gasteiger partial charge in [0.25, 0.3) is 0 Å². The number of carbonyl (C=O) groups is 2. The van der Waals surface area contributed by atoms with Crippen LogP contribution in [-0.2, 0) is 19.0 Å². The highest BCUT2D eigenvalue weighted by atomic mass is 16.6. The number of carbonyl (C=O) groups excluding carboxylic acids is 2. The third-order valence-electron chi connectivity index (χ3n) is 4.30. The van der Waals surface area contributed by atoms with Crippen LogP contribution in [0.4, 0.5) is 4.79 Å². The van der Waals surface area contributed by atoms with E-state index in [1.165, 1.54) is 7.11 Å². The summed E-state index contributed by atoms with van der Waals surface area (Å²) in [6, 6.07) is 0. The number of hydrogen-bond acceptors (Lipinski definition) is 5. The number of rotatable bonds is 4. The molecule has 1 aliphatic heterocycles. The third-order valence-corrected chi connectivity index (χ3v) is 4.30. The van der Waals surface area contributed by atoms with Crippen molar-refractivity contribution in [2.45, 2.75) is 65.8 Å². The van der Waals surface area contributed by atoms with Gasteiger partial charge in [-0.1, -0.05) is 20.8 Å². The molecule has 128 valence electrons. The van der Waals surface area contributed by atoms with E-state index in [4.69, 9.17) is 14.2 Å². The molecule has 0 N–H and O–H groups in total. The predicted octanol–water partition coefficient (Wildman–Crippen LogP) is 2.80. The molecule has 1 rings (SSSR count). The van der Waals surface area contributed by atoms with Crippen molar-refractivity contribution in [3.05, 3.63) is 0 Å². The summed E-state index contributed by atoms with van der Waals surface area (Å²) in [4.78, 5) is 26.2. The second-order valence-electron chi connectivity index (χ2n) is 7.31. The first-order valence-corrected chi connectivity index (χ1v) is 7.67. The Bertz CT molecular complexity index is 414. The van der Waals surface area contributed by atoms with Gasteiger partial charge in [-0.05, 0) is 33.6 Å². The lowest BCUT2D eigenvalue weighted by atomic mass is 9.92. The Morgan fingerprint density at radius 3 is 2.05 bits per heavy atom. The molecule has 0 bridgehead atoms. The molecule has 1 amide bonds. The Labute approximate surface area is 133 Å². The van der Waals surface area contributed by atoms with E-state index in [2.05, 4.69) is 0 Å². The molecule has 1 fully saturated rings. The van der Waals surface area contributed by atoms with Gasteiger partial charge >= 0.3 is 12.1 Å². The molecular formula is C16H29NO5. The standard InChI is InChI=1S/C16H29NO5/c1-10(2)11(3)12(13(18)20-8)22-14(19)17-15(4,5)9-21-16(17,6)7/h10-12H,9H2,1-8H3/t11-,12+/m1/s1. The molecule has 2 atom stereocenters. The fraction of sp³-hybridized carbons (Fsp3) is 0.875. The number of amides is 1. The van der Waals surface area contributed by atoms with Gasteiger partial charge in [-0.3, -0.25) is 4.90 Å². The maximum absolute atomic E-state index is 12.7. The van der Waals surface area contributed by atoms with Gasteiger partial charge in [-0.25, -0.2) is 9.59 Å². The SMILES string of the molecule is COC(=O)[C@@H](OC(=O)N1C(C)(C)COC1(C)C)[C@H](C)C(C)C. The summed E-state index contributed by atoms with van der Waals surface area (Å²) in [6.45, 7) is 13.7. The molecule has 6 nitrogen and oxygen atoms in total. The van der Waals surface area contributed by atoms with Crippen molar-refractivity contribution < 1.29 is 23.8 Å². The second-order valence-corrected chi connectivity index (χ2v) is 7.31. The van der Waals surface area contributed by atoms with Gasteiger partial charge in [-0.2, -0.15) is 0 Å². The lowest BCUT2D eigenvalue weighted by molar-refractivity contribution is -0.156. The molecule has 0 aromatic heterocycles. The average molecular weight is 315 g/mol. The maximum Gasteiger partial charge on any atom is 0.413 e. The molecular weight excluding hydrogens is 286 g/mol. The largest absolute Gasteiger partial charge is 0.466 e. The zero-order valence-electron chi connectivity index (χ0n) is 14.9. The Hall–Kier alpha value is -1.30. The van der Waals surface area contributed by atoms with Crippen LogP contribution in [-0.4, -0.2) is 48.0 Å². The van der Waals surface area contributed by atoms with Crippen molar-refractivity contribution in [3.8, 4) is 0 Å². The van der Waals surface area contributed by atoms with Gasteiger partial charge in [0.2, 0.25) is 6.10 Å². The van der Waals surface area contributed by atoms with E-state index in [9.17, 15) is 9.59 Å². The highest BCUT2D eigenvalue weighted by Crippen LogP contribution is 2.35. The van der Waals surface area contributed by atoms with Gasteiger partial charge in [0.15, 0.2) is 0 Å². The van der Waals surface area contributed by atoms with Crippen LogP contribution >= 0.6 is 0 Å². The molecule has 0 radical (unpaired) electrons. The summed E-state index contributed by atoms with van der Waals surface area (Å²) in [7, 11) is 1.29. The van der Waals surface area contributed by atoms with Crippen LogP contribution < -0.4 is 0 Å². The smallest absolute Gasteiger partial charge is 0.413 e. The number of methoxy groups -OCH3 is 1. The summed E-state index contributed by atoms with van der Waals surface area (Å²) in [5, 5.41) is 0. The van der Waals surface area contributed by atoms with Crippen molar-refractivity contribution in [2.24, 2.45) is 11.8 Å². The predicted molar refractivity (Wildman–Crippen MR) is 82.2 cm³/mol. The Morgan fingerprint density at radius 1 is 1.14 bits per heavy atom. The molecule has 1 aliphatic rings. The van der Waals surface area contributed by atoms with Crippen molar-refractivity contribution in [1.29, 1.82) is 0 Å². The summed E-state index contributed by atoms with van der Waals surface area (Å²) in [5.41, 5.74) is -1.27. The van der Waals surface area contributed by atoms with Crippen LogP contribution in [0.15, 0.2) is 0 Å². The lowest BCUT2D eigenvalue weighted by Crippen LogP contribution is -2.54. The summed E-state index contributed by atoms with van der Waals surface area (Å²) in [5.74, 6) is -0.510. The van der Waals surface area contributed by atoms with Gasteiger partial charge in [0.05, 0.1) is 19.3 Å². The van der Waals surface area contributed by atoms with Gasteiger partial charge in [-0.15, -0.1) is 0 Å². The highest BCUT2D eigenvalue weighted by Gasteiger charge is 2.50. The number of ether oxygens (including phenoxy) is 3. The number of nitrogens with zero attached hydrogens (tertiary/aromatic N) is 1. The van der Waals surface area contributed by atoms with Gasteiger partial charge in [0, 0.05) is 5.92 Å². The summed E-state index contributed by atoms with van der Waals surface area (Å²) in [6.07, 6.45) is -1.49. The second kappa shape index (κ2) is 6.44. The zero-order chi connectivity index (χ0) is 17.3. The van der Waals surface area contributed by atoms with Crippen LogP contribution in [0.3, 0.4) is 0 Å². The van der Waals surface area contributed by atoms with Crippen LogP contribution in [0, 0.1) is 11.8 Å². The van der Waals surface area contributed by atoms with E-state index in [-0.39, 0.29) is 11.8 Å². The van der Waals surface area contributed by atoms with Gasteiger partial charge in [0.1, 0.15) is 5.72 Å². The summed E-state index contributed by atoms with van der Waals surface area (Å²) >= 11 is 0. The molecule has 1 heterocycles. The van der Waals surface area contributed by atoms with E-state index in [1.807, 2.05) is 48.5 Å². The minimum absolute atomic E-state index is 0.147. The normalized spacial score (nSPS) is 22.3. The van der Waals surface area contributed by atoms with Crippen LogP contribution in [0.5, 0.6) is 0 Å². The van der Waals surface area contributed by atoms with Crippen molar-refractivity contribution >= 4 is 12.1 Å². The number of esters is 1. The Kier molecular flexibility index (Phi) is 5.49. The van der Waals surface area contributed by atoms with E-state index < -0.39 is 29.4 Å². The average Bonchev–Trinajstić information content (AvgIpc) is 2.62. The van der Waals surface area contributed by atoms with Crippen LogP contribution in [0.1, 0.15) is 48.5 Å². The Morgan fingerprint density at radius 2 is 1.68 bits per heavy atom. The highest BCUT2D eigenvalue weighted by molar-refractivity contribution is 5.79. The van der Waals surface area contributed by atoms with Crippen LogP contribution in [0.2, 0.25) is 0 Å². The molecule has 0 aromatic rings.